The Morgan fingerprint density at radius 1 is 1.00 bits per heavy atom. The van der Waals surface area contributed by atoms with E-state index >= 15 is 8.78 Å². The second-order valence-electron chi connectivity index (χ2n) is 10.1. The topological polar surface area (TPSA) is 71.0 Å². The van der Waals surface area contributed by atoms with Crippen molar-refractivity contribution in [3.63, 3.8) is 0 Å². The molecule has 6 nitrogen and oxygen atoms in total. The molecule has 2 aliphatic rings. The molecule has 0 bridgehead atoms. The van der Waals surface area contributed by atoms with Crippen LogP contribution in [0, 0.1) is 11.6 Å². The number of nitrogens with one attached hydrogen (secondary N) is 1. The van der Waals surface area contributed by atoms with Gasteiger partial charge in [-0.3, -0.25) is 4.79 Å². The van der Waals surface area contributed by atoms with E-state index in [9.17, 15) is 18.7 Å². The first-order chi connectivity index (χ1) is 18.7. The van der Waals surface area contributed by atoms with E-state index in [2.05, 4.69) is 5.32 Å². The van der Waals surface area contributed by atoms with Crippen LogP contribution in [0.4, 0.5) is 17.6 Å². The van der Waals surface area contributed by atoms with Crippen LogP contribution in [0.3, 0.4) is 0 Å². The van der Waals surface area contributed by atoms with Gasteiger partial charge in [0.15, 0.2) is 17.3 Å². The number of ether oxygens (including phenoxy) is 2. The molecule has 1 saturated heterocycles. The van der Waals surface area contributed by atoms with Gasteiger partial charge < -0.3 is 24.8 Å². The van der Waals surface area contributed by atoms with Gasteiger partial charge in [0.2, 0.25) is 0 Å². The van der Waals surface area contributed by atoms with E-state index in [1.54, 1.807) is 24.3 Å². The summed E-state index contributed by atoms with van der Waals surface area (Å²) in [5.41, 5.74) is 0.680. The summed E-state index contributed by atoms with van der Waals surface area (Å²) in [7, 11) is 0. The van der Waals surface area contributed by atoms with Crippen molar-refractivity contribution >= 4 is 16.7 Å². The van der Waals surface area contributed by atoms with Gasteiger partial charge in [-0.25, -0.2) is 8.78 Å². The molecule has 1 fully saturated rings. The molecule has 0 saturated carbocycles. The van der Waals surface area contributed by atoms with E-state index in [0.717, 1.165) is 18.9 Å². The van der Waals surface area contributed by atoms with E-state index < -0.39 is 36.2 Å². The molecule has 2 unspecified atom stereocenters. The maximum atomic E-state index is 15.0. The zero-order chi connectivity index (χ0) is 27.6. The Hall–Kier alpha value is -3.37. The Kier molecular flexibility index (Phi) is 7.95. The lowest BCUT2D eigenvalue weighted by atomic mass is 9.99. The van der Waals surface area contributed by atoms with Crippen molar-refractivity contribution < 1.29 is 36.9 Å². The van der Waals surface area contributed by atoms with Crippen molar-refractivity contribution in [1.82, 2.24) is 10.2 Å². The summed E-state index contributed by atoms with van der Waals surface area (Å²) >= 11 is 0. The average molecular weight is 547 g/mol. The van der Waals surface area contributed by atoms with Crippen LogP contribution in [0.25, 0.3) is 10.8 Å². The van der Waals surface area contributed by atoms with Crippen LogP contribution < -0.4 is 14.8 Å². The zero-order valence-electron chi connectivity index (χ0n) is 21.3. The highest BCUT2D eigenvalue weighted by atomic mass is 19.3. The number of nitrogens with zero attached hydrogens (tertiary/aromatic N) is 1. The highest BCUT2D eigenvalue weighted by Crippen LogP contribution is 2.36. The quantitative estimate of drug-likeness (QED) is 0.379. The van der Waals surface area contributed by atoms with Crippen LogP contribution in [0.2, 0.25) is 0 Å². The SMILES string of the molecule is O=C(NC(CN1CCCC1)C(O)c1cc(F)c2c(c1)OCCO2)C(F)(F)CCc1ccc2cc(F)ccc2c1. The van der Waals surface area contributed by atoms with Crippen LogP contribution in [-0.4, -0.2) is 60.7 Å². The number of benzene rings is 3. The van der Waals surface area contributed by atoms with Gasteiger partial charge in [-0.15, -0.1) is 0 Å². The van der Waals surface area contributed by atoms with E-state index in [-0.39, 0.29) is 49.1 Å². The Bertz CT molecular complexity index is 1350. The summed E-state index contributed by atoms with van der Waals surface area (Å²) in [4.78, 5) is 14.8. The van der Waals surface area contributed by atoms with Crippen LogP contribution in [0.1, 0.15) is 36.5 Å². The summed E-state index contributed by atoms with van der Waals surface area (Å²) < 4.78 is 68.9. The molecule has 1 amide bonds. The standard InChI is InChI=1S/C29H30F4N2O4/c30-22-6-5-19-13-18(3-4-20(19)14-22)7-8-29(32,33)28(37)34-24(17-35-9-1-2-10-35)26(36)21-15-23(31)27-25(16-21)38-11-12-39-27/h3-6,13-16,24,26,36H,1-2,7-12,17H2,(H,34,37). The third-order valence-corrected chi connectivity index (χ3v) is 7.24. The molecule has 2 aliphatic heterocycles. The molecule has 0 aromatic heterocycles. The molecule has 3 aromatic carbocycles. The number of fused-ring (bicyclic) bond motifs is 2. The minimum absolute atomic E-state index is 0.0670. The van der Waals surface area contributed by atoms with E-state index in [1.807, 2.05) is 4.90 Å². The smallest absolute Gasteiger partial charge is 0.324 e. The number of rotatable bonds is 9. The van der Waals surface area contributed by atoms with E-state index in [1.165, 1.54) is 18.2 Å². The minimum atomic E-state index is -3.72. The van der Waals surface area contributed by atoms with Crippen molar-refractivity contribution in [1.29, 1.82) is 0 Å². The lowest BCUT2D eigenvalue weighted by Crippen LogP contribution is -2.51. The maximum Gasteiger partial charge on any atom is 0.324 e. The fourth-order valence-electron chi connectivity index (χ4n) is 5.11. The van der Waals surface area contributed by atoms with Crippen LogP contribution >= 0.6 is 0 Å². The van der Waals surface area contributed by atoms with E-state index in [4.69, 9.17) is 9.47 Å². The number of aliphatic hydroxyl groups is 1. The monoisotopic (exact) mass is 546 g/mol. The lowest BCUT2D eigenvalue weighted by molar-refractivity contribution is -0.148. The summed E-state index contributed by atoms with van der Waals surface area (Å²) in [5.74, 6) is -6.31. The van der Waals surface area contributed by atoms with E-state index in [0.29, 0.717) is 29.4 Å². The summed E-state index contributed by atoms with van der Waals surface area (Å²) in [5, 5.41) is 14.8. The number of likely N-dealkylation sites (tertiary alicyclic amines) is 1. The Morgan fingerprint density at radius 2 is 1.72 bits per heavy atom. The first-order valence-corrected chi connectivity index (χ1v) is 13.1. The van der Waals surface area contributed by atoms with Gasteiger partial charge >= 0.3 is 5.92 Å². The Balaban J connectivity index is 1.30. The molecule has 2 N–H and O–H groups in total. The van der Waals surface area contributed by atoms with Crippen LogP contribution in [0.5, 0.6) is 11.5 Å². The minimum Gasteiger partial charge on any atom is -0.486 e. The maximum absolute atomic E-state index is 15.0. The van der Waals surface area contributed by atoms with Gasteiger partial charge in [-0.1, -0.05) is 24.3 Å². The van der Waals surface area contributed by atoms with Crippen LogP contribution in [-0.2, 0) is 11.2 Å². The molecule has 3 aromatic rings. The molecule has 208 valence electrons. The molecule has 2 atom stereocenters. The van der Waals surface area contributed by atoms with Gasteiger partial charge in [0.05, 0.1) is 6.04 Å². The predicted molar refractivity (Wildman–Crippen MR) is 137 cm³/mol. The van der Waals surface area contributed by atoms with Crippen molar-refractivity contribution in [3.8, 4) is 11.5 Å². The number of alkyl halides is 2. The lowest BCUT2D eigenvalue weighted by Gasteiger charge is -2.30. The Morgan fingerprint density at radius 3 is 2.51 bits per heavy atom. The second kappa shape index (κ2) is 11.4. The van der Waals surface area contributed by atoms with Crippen LogP contribution in [0.15, 0.2) is 48.5 Å². The number of carbonyl (C=O) groups excluding carboxylic acids is 1. The summed E-state index contributed by atoms with van der Waals surface area (Å²) in [6.07, 6.45) is -0.456. The molecule has 5 rings (SSSR count). The molecule has 10 heteroatoms. The molecule has 0 radical (unpaired) electrons. The first kappa shape index (κ1) is 27.2. The van der Waals surface area contributed by atoms with Gasteiger partial charge in [0, 0.05) is 13.0 Å². The molecule has 0 aliphatic carbocycles. The van der Waals surface area contributed by atoms with Gasteiger partial charge in [-0.2, -0.15) is 8.78 Å². The molecule has 0 spiro atoms. The van der Waals surface area contributed by atoms with Crippen molar-refractivity contribution in [2.45, 2.75) is 43.8 Å². The highest BCUT2D eigenvalue weighted by molar-refractivity contribution is 5.84. The first-order valence-electron chi connectivity index (χ1n) is 13.1. The molecule has 39 heavy (non-hydrogen) atoms. The number of aryl methyl sites for hydroxylation is 1. The number of hydrogen-bond acceptors (Lipinski definition) is 5. The fourth-order valence-corrected chi connectivity index (χ4v) is 5.11. The average Bonchev–Trinajstić information content (AvgIpc) is 3.44. The third-order valence-electron chi connectivity index (χ3n) is 7.24. The number of carbonyl (C=O) groups is 1. The number of aliphatic hydroxyl groups excluding tert-OH is 1. The number of hydrogen-bond donors (Lipinski definition) is 2. The fraction of sp³-hybridized carbons (Fsp3) is 0.414. The Labute approximate surface area is 223 Å². The summed E-state index contributed by atoms with van der Waals surface area (Å²) in [6.45, 7) is 1.93. The molecule has 2 heterocycles. The third kappa shape index (κ3) is 6.28. The van der Waals surface area contributed by atoms with Gasteiger partial charge in [-0.05, 0) is 78.5 Å². The molecular formula is C29H30F4N2O4. The summed E-state index contributed by atoms with van der Waals surface area (Å²) in [6, 6.07) is 10.6. The largest absolute Gasteiger partial charge is 0.486 e. The normalized spacial score (nSPS) is 17.3. The van der Waals surface area contributed by atoms with Gasteiger partial charge in [0.25, 0.3) is 5.91 Å². The highest BCUT2D eigenvalue weighted by Gasteiger charge is 2.41. The second-order valence-corrected chi connectivity index (χ2v) is 10.1. The number of halogens is 4. The van der Waals surface area contributed by atoms with Gasteiger partial charge in [0.1, 0.15) is 25.1 Å². The number of amides is 1. The van der Waals surface area contributed by atoms with Crippen molar-refractivity contribution in [2.75, 3.05) is 32.8 Å². The predicted octanol–water partition coefficient (Wildman–Crippen LogP) is 4.77. The van der Waals surface area contributed by atoms with Crippen molar-refractivity contribution in [3.05, 3.63) is 71.3 Å². The zero-order valence-corrected chi connectivity index (χ0v) is 21.3. The van der Waals surface area contributed by atoms with Crippen molar-refractivity contribution in [2.24, 2.45) is 0 Å². The molecular weight excluding hydrogens is 516 g/mol.